The van der Waals surface area contributed by atoms with Crippen molar-refractivity contribution in [3.63, 3.8) is 0 Å². The van der Waals surface area contributed by atoms with Gasteiger partial charge in [-0.15, -0.1) is 29.5 Å². The second-order valence-corrected chi connectivity index (χ2v) is 11.0. The summed E-state index contributed by atoms with van der Waals surface area (Å²) in [6.07, 6.45) is 8.09. The first-order valence-corrected chi connectivity index (χ1v) is 14.1. The summed E-state index contributed by atoms with van der Waals surface area (Å²) in [5.74, 6) is 1.21. The van der Waals surface area contributed by atoms with Crippen molar-refractivity contribution in [2.45, 2.75) is 32.7 Å². The number of carbonyl (C=O) groups is 3. The van der Waals surface area contributed by atoms with Crippen LogP contribution in [0, 0.1) is 22.5 Å². The Bertz CT molecular complexity index is 1510. The molecule has 0 atom stereocenters. The maximum Gasteiger partial charge on any atom is 0.341 e. The van der Waals surface area contributed by atoms with E-state index in [0.717, 1.165) is 52.8 Å². The van der Waals surface area contributed by atoms with Crippen LogP contribution in [0.5, 0.6) is 0 Å². The van der Waals surface area contributed by atoms with E-state index in [1.807, 2.05) is 0 Å². The van der Waals surface area contributed by atoms with Crippen LogP contribution in [0.25, 0.3) is 10.2 Å². The van der Waals surface area contributed by atoms with Crippen molar-refractivity contribution < 1.29 is 24.0 Å². The fraction of sp³-hybridized carbons (Fsp3) is 0.333. The van der Waals surface area contributed by atoms with Gasteiger partial charge in [0, 0.05) is 17.0 Å². The van der Waals surface area contributed by atoms with Gasteiger partial charge in [0.05, 0.1) is 45.4 Å². The highest BCUT2D eigenvalue weighted by molar-refractivity contribution is 8.00. The van der Waals surface area contributed by atoms with Crippen LogP contribution in [-0.4, -0.2) is 45.4 Å². The molecule has 3 aromatic rings. The number of thiophene rings is 1. The number of nitrogens with one attached hydrogen (secondary N) is 1. The average Bonchev–Trinajstić information content (AvgIpc) is 3.52. The smallest absolute Gasteiger partial charge is 0.341 e. The zero-order valence-electron chi connectivity index (χ0n) is 19.8. The maximum atomic E-state index is 12.6. The minimum atomic E-state index is -0.492. The third-order valence-corrected chi connectivity index (χ3v) is 8.63. The number of carbonyl (C=O) groups excluding carboxylic acids is 3. The molecule has 1 aliphatic rings. The number of rotatable bonds is 9. The summed E-state index contributed by atoms with van der Waals surface area (Å²) >= 11 is 3.62. The van der Waals surface area contributed by atoms with E-state index in [4.69, 9.17) is 11.2 Å². The van der Waals surface area contributed by atoms with Crippen LogP contribution in [0.3, 0.4) is 0 Å². The Morgan fingerprint density at radius 3 is 2.84 bits per heavy atom. The molecule has 0 radical (unpaired) electrons. The first-order chi connectivity index (χ1) is 17.8. The number of non-ortho nitro benzene ring substituents is 1. The monoisotopic (exact) mass is 558 g/mol. The van der Waals surface area contributed by atoms with E-state index >= 15 is 0 Å². The van der Waals surface area contributed by atoms with Gasteiger partial charge in [0.1, 0.15) is 5.00 Å². The van der Waals surface area contributed by atoms with E-state index in [9.17, 15) is 24.5 Å². The molecule has 2 heterocycles. The number of hydrogen-bond donors (Lipinski definition) is 1. The molecule has 0 fully saturated rings. The van der Waals surface area contributed by atoms with Crippen LogP contribution in [-0.2, 0) is 33.7 Å². The normalized spacial score (nSPS) is 12.8. The Hall–Kier alpha value is -3.47. The van der Waals surface area contributed by atoms with Gasteiger partial charge >= 0.3 is 5.97 Å². The molecule has 4 rings (SSSR count). The molecule has 2 amide bonds. The number of hydrogen-bond acceptors (Lipinski definition) is 9. The first-order valence-electron chi connectivity index (χ1n) is 11.3. The van der Waals surface area contributed by atoms with Gasteiger partial charge in [-0.1, -0.05) is 17.3 Å². The van der Waals surface area contributed by atoms with Crippen molar-refractivity contribution >= 4 is 73.1 Å². The number of anilines is 1. The maximum absolute atomic E-state index is 12.6. The van der Waals surface area contributed by atoms with Crippen molar-refractivity contribution in [3.05, 3.63) is 49.1 Å². The summed E-state index contributed by atoms with van der Waals surface area (Å²) in [6.45, 7) is 2.13. The van der Waals surface area contributed by atoms with Crippen LogP contribution in [0.4, 0.5) is 10.7 Å². The molecule has 1 aliphatic carbocycles. The topological polar surface area (TPSA) is 133 Å². The SMILES string of the molecule is C#CCn1c(=NC(=O)CSCC(=O)Nc2sc3c(c2C(=O)OCC)CCC3)sc2cc([N+](=O)[O-])ccc21. The fourth-order valence-electron chi connectivity index (χ4n) is 3.95. The summed E-state index contributed by atoms with van der Waals surface area (Å²) in [6, 6.07) is 4.37. The van der Waals surface area contributed by atoms with Crippen LogP contribution < -0.4 is 10.1 Å². The molecule has 0 saturated carbocycles. The Morgan fingerprint density at radius 2 is 2.11 bits per heavy atom. The van der Waals surface area contributed by atoms with Crippen molar-refractivity contribution in [3.8, 4) is 12.3 Å². The van der Waals surface area contributed by atoms with Gasteiger partial charge < -0.3 is 14.6 Å². The first kappa shape index (κ1) is 26.6. The largest absolute Gasteiger partial charge is 0.462 e. The lowest BCUT2D eigenvalue weighted by Gasteiger charge is -2.07. The van der Waals surface area contributed by atoms with E-state index in [-0.39, 0.29) is 36.3 Å². The van der Waals surface area contributed by atoms with Crippen LogP contribution in [0.1, 0.15) is 34.1 Å². The molecule has 0 unspecified atom stereocenters. The van der Waals surface area contributed by atoms with E-state index < -0.39 is 16.8 Å². The highest BCUT2D eigenvalue weighted by atomic mass is 32.2. The molecule has 1 N–H and O–H groups in total. The lowest BCUT2D eigenvalue weighted by atomic mass is 10.1. The van der Waals surface area contributed by atoms with E-state index in [1.54, 1.807) is 17.6 Å². The molecular weight excluding hydrogens is 536 g/mol. The molecule has 0 bridgehead atoms. The molecule has 2 aromatic heterocycles. The Labute approximate surface area is 223 Å². The standard InChI is InChI=1S/C24H22N4O6S3/c1-3-10-27-16-9-8-14(28(32)33)11-18(16)37-24(27)26-20(30)13-35-12-19(29)25-22-21(23(31)34-4-2)15-6-5-7-17(15)36-22/h1,8-9,11H,4-7,10,12-13H2,2H3,(H,25,29). The Morgan fingerprint density at radius 1 is 1.30 bits per heavy atom. The summed E-state index contributed by atoms with van der Waals surface area (Å²) in [7, 11) is 0. The fourth-order valence-corrected chi connectivity index (χ4v) is 6.92. The summed E-state index contributed by atoms with van der Waals surface area (Å²) < 4.78 is 7.41. The molecule has 10 nitrogen and oxygen atoms in total. The highest BCUT2D eigenvalue weighted by Gasteiger charge is 2.28. The van der Waals surface area contributed by atoms with Gasteiger partial charge in [-0.25, -0.2) is 4.79 Å². The number of aryl methyl sites for hydroxylation is 1. The van der Waals surface area contributed by atoms with Crippen LogP contribution in [0.2, 0.25) is 0 Å². The number of thiazole rings is 1. The van der Waals surface area contributed by atoms with Gasteiger partial charge in [0.25, 0.3) is 11.6 Å². The number of fused-ring (bicyclic) bond motifs is 2. The number of esters is 1. The van der Waals surface area contributed by atoms with Gasteiger partial charge in [0.15, 0.2) is 4.80 Å². The molecule has 192 valence electrons. The molecule has 37 heavy (non-hydrogen) atoms. The average molecular weight is 559 g/mol. The van der Waals surface area contributed by atoms with Crippen molar-refractivity contribution in [2.75, 3.05) is 23.4 Å². The summed E-state index contributed by atoms with van der Waals surface area (Å²) in [4.78, 5) is 53.7. The second-order valence-electron chi connectivity index (χ2n) is 7.91. The molecule has 0 aliphatic heterocycles. The quantitative estimate of drug-likeness (QED) is 0.183. The lowest BCUT2D eigenvalue weighted by Crippen LogP contribution is -2.19. The van der Waals surface area contributed by atoms with Crippen molar-refractivity contribution in [2.24, 2.45) is 4.99 Å². The number of ether oxygens (including phenoxy) is 1. The van der Waals surface area contributed by atoms with E-state index in [2.05, 4.69) is 16.2 Å². The van der Waals surface area contributed by atoms with Crippen LogP contribution in [0.15, 0.2) is 23.2 Å². The van der Waals surface area contributed by atoms with E-state index in [1.165, 1.54) is 23.5 Å². The minimum Gasteiger partial charge on any atom is -0.462 e. The highest BCUT2D eigenvalue weighted by Crippen LogP contribution is 2.39. The molecule has 0 spiro atoms. The zero-order valence-corrected chi connectivity index (χ0v) is 22.2. The molecule has 0 saturated heterocycles. The second kappa shape index (κ2) is 11.7. The molecule has 13 heteroatoms. The van der Waals surface area contributed by atoms with Crippen molar-refractivity contribution in [1.29, 1.82) is 0 Å². The summed E-state index contributed by atoms with van der Waals surface area (Å²) in [5.41, 5.74) is 1.97. The van der Waals surface area contributed by atoms with Crippen LogP contribution >= 0.6 is 34.4 Å². The van der Waals surface area contributed by atoms with Gasteiger partial charge in [0.2, 0.25) is 5.91 Å². The summed E-state index contributed by atoms with van der Waals surface area (Å²) in [5, 5.41) is 14.4. The lowest BCUT2D eigenvalue weighted by molar-refractivity contribution is -0.384. The zero-order chi connectivity index (χ0) is 26.5. The molecular formula is C24H22N4O6S3. The third-order valence-electron chi connectivity index (χ3n) is 5.46. The van der Waals surface area contributed by atoms with Crippen molar-refractivity contribution in [1.82, 2.24) is 4.57 Å². The number of benzene rings is 1. The minimum absolute atomic E-state index is 0.00490. The number of nitrogens with zero attached hydrogens (tertiary/aromatic N) is 3. The molecule has 1 aromatic carbocycles. The van der Waals surface area contributed by atoms with Gasteiger partial charge in [-0.2, -0.15) is 4.99 Å². The Balaban J connectivity index is 1.42. The number of aromatic nitrogens is 1. The van der Waals surface area contributed by atoms with Gasteiger partial charge in [-0.05, 0) is 37.8 Å². The number of nitro groups is 1. The predicted octanol–water partition coefficient (Wildman–Crippen LogP) is 3.77. The number of amides is 2. The predicted molar refractivity (Wildman–Crippen MR) is 144 cm³/mol. The van der Waals surface area contributed by atoms with Gasteiger partial charge in [-0.3, -0.25) is 19.7 Å². The Kier molecular flexibility index (Phi) is 8.42. The third kappa shape index (κ3) is 5.93. The number of terminal acetylenes is 1. The number of thioether (sulfide) groups is 1. The van der Waals surface area contributed by atoms with E-state index in [0.29, 0.717) is 25.6 Å². The number of nitro benzene ring substituents is 1.